The first-order valence-electron chi connectivity index (χ1n) is 8.57. The first-order valence-corrected chi connectivity index (χ1v) is 9.38. The van der Waals surface area contributed by atoms with E-state index in [-0.39, 0.29) is 27.9 Å². The molecule has 0 atom stereocenters. The minimum Gasteiger partial charge on any atom is -0.465 e. The zero-order chi connectivity index (χ0) is 21.7. The van der Waals surface area contributed by atoms with Gasteiger partial charge in [0.2, 0.25) is 0 Å². The Balaban J connectivity index is 2.33. The summed E-state index contributed by atoms with van der Waals surface area (Å²) in [7, 11) is 1.20. The average Bonchev–Trinajstić information content (AvgIpc) is 3.18. The first kappa shape index (κ1) is 22.0. The van der Waals surface area contributed by atoms with Crippen molar-refractivity contribution in [2.24, 2.45) is 0 Å². The summed E-state index contributed by atoms with van der Waals surface area (Å²) in [4.78, 5) is 47.4. The standard InChI is InChI=1S/C17H20N4O7S/c1-5-6-28-16(23)13-10(3)14(17(24)27-4)29-15(13)18-11(22)8-20-12(21(25)26)7-9(2)19-20/h7H,5-6,8H2,1-4H3,(H,18,22). The number of rotatable bonds is 8. The molecule has 11 nitrogen and oxygen atoms in total. The number of hydrogen-bond acceptors (Lipinski definition) is 9. The number of aromatic nitrogens is 2. The summed E-state index contributed by atoms with van der Waals surface area (Å²) in [6.45, 7) is 4.67. The van der Waals surface area contributed by atoms with Crippen LogP contribution in [0.3, 0.4) is 0 Å². The molecule has 1 N–H and O–H groups in total. The number of anilines is 1. The molecule has 0 aliphatic carbocycles. The Bertz CT molecular complexity index is 963. The molecule has 29 heavy (non-hydrogen) atoms. The number of nitrogens with one attached hydrogen (secondary N) is 1. The van der Waals surface area contributed by atoms with E-state index in [0.29, 0.717) is 17.7 Å². The van der Waals surface area contributed by atoms with E-state index < -0.39 is 29.3 Å². The molecule has 2 aromatic heterocycles. The van der Waals surface area contributed by atoms with Gasteiger partial charge >= 0.3 is 17.8 Å². The average molecular weight is 424 g/mol. The highest BCUT2D eigenvalue weighted by molar-refractivity contribution is 7.18. The Hall–Kier alpha value is -3.28. The SMILES string of the molecule is CCCOC(=O)c1c(NC(=O)Cn2nc(C)cc2[N+](=O)[O-])sc(C(=O)OC)c1C. The van der Waals surface area contributed by atoms with E-state index in [2.05, 4.69) is 10.4 Å². The Morgan fingerprint density at radius 3 is 2.59 bits per heavy atom. The highest BCUT2D eigenvalue weighted by atomic mass is 32.1. The minimum atomic E-state index is -0.688. The number of nitro groups is 1. The molecule has 0 aliphatic rings. The maximum absolute atomic E-state index is 12.5. The molecule has 0 bridgehead atoms. The van der Waals surface area contributed by atoms with Crippen LogP contribution in [0.4, 0.5) is 10.8 Å². The molecule has 156 valence electrons. The number of nitrogens with zero attached hydrogens (tertiary/aromatic N) is 3. The lowest BCUT2D eigenvalue weighted by Gasteiger charge is -2.07. The molecular formula is C17H20N4O7S. The van der Waals surface area contributed by atoms with Gasteiger partial charge in [-0.05, 0) is 30.8 Å². The van der Waals surface area contributed by atoms with Crippen molar-refractivity contribution in [1.29, 1.82) is 0 Å². The predicted molar refractivity (Wildman–Crippen MR) is 103 cm³/mol. The number of methoxy groups -OCH3 is 1. The number of amides is 1. The van der Waals surface area contributed by atoms with E-state index in [4.69, 9.17) is 9.47 Å². The Kier molecular flexibility index (Phi) is 7.04. The molecule has 12 heteroatoms. The van der Waals surface area contributed by atoms with Crippen LogP contribution in [-0.4, -0.2) is 46.3 Å². The van der Waals surface area contributed by atoms with Gasteiger partial charge in [-0.1, -0.05) is 12.0 Å². The Morgan fingerprint density at radius 2 is 2.00 bits per heavy atom. The zero-order valence-corrected chi connectivity index (χ0v) is 17.1. The number of esters is 2. The van der Waals surface area contributed by atoms with Crippen LogP contribution in [0.15, 0.2) is 6.07 Å². The van der Waals surface area contributed by atoms with Crippen LogP contribution in [-0.2, 0) is 20.8 Å². The maximum atomic E-state index is 12.5. The van der Waals surface area contributed by atoms with E-state index in [1.54, 1.807) is 13.8 Å². The van der Waals surface area contributed by atoms with Crippen molar-refractivity contribution in [2.75, 3.05) is 19.0 Å². The fraction of sp³-hybridized carbons (Fsp3) is 0.412. The van der Waals surface area contributed by atoms with Gasteiger partial charge in [0.1, 0.15) is 9.88 Å². The lowest BCUT2D eigenvalue weighted by atomic mass is 10.1. The molecule has 0 spiro atoms. The summed E-state index contributed by atoms with van der Waals surface area (Å²) in [6, 6.07) is 1.24. The van der Waals surface area contributed by atoms with Crippen LogP contribution in [0, 0.1) is 24.0 Å². The Labute approximate surface area is 169 Å². The van der Waals surface area contributed by atoms with Gasteiger partial charge in [-0.15, -0.1) is 16.0 Å². The number of aryl methyl sites for hydroxylation is 1. The molecule has 0 saturated heterocycles. The summed E-state index contributed by atoms with van der Waals surface area (Å²) in [5, 5.41) is 17.6. The summed E-state index contributed by atoms with van der Waals surface area (Å²) in [5.74, 6) is -2.33. The second-order valence-electron chi connectivity index (χ2n) is 5.99. The highest BCUT2D eigenvalue weighted by Gasteiger charge is 2.28. The molecule has 2 heterocycles. The highest BCUT2D eigenvalue weighted by Crippen LogP contribution is 2.34. The van der Waals surface area contributed by atoms with Gasteiger partial charge in [0, 0.05) is 0 Å². The van der Waals surface area contributed by atoms with Gasteiger partial charge in [0.05, 0.1) is 31.0 Å². The number of carbonyl (C=O) groups excluding carboxylic acids is 3. The van der Waals surface area contributed by atoms with Crippen molar-refractivity contribution < 1.29 is 28.8 Å². The molecule has 2 rings (SSSR count). The van der Waals surface area contributed by atoms with Gasteiger partial charge in [-0.25, -0.2) is 9.59 Å². The number of carbonyl (C=O) groups is 3. The van der Waals surface area contributed by atoms with Crippen molar-refractivity contribution in [3.8, 4) is 0 Å². The van der Waals surface area contributed by atoms with E-state index >= 15 is 0 Å². The third-order valence-corrected chi connectivity index (χ3v) is 4.96. The number of ether oxygens (including phenoxy) is 2. The van der Waals surface area contributed by atoms with Gasteiger partial charge in [0.25, 0.3) is 5.91 Å². The first-order chi connectivity index (χ1) is 13.7. The quantitative estimate of drug-likeness (QED) is 0.387. The second kappa shape index (κ2) is 9.28. The molecule has 0 fully saturated rings. The molecular weight excluding hydrogens is 404 g/mol. The van der Waals surface area contributed by atoms with Crippen LogP contribution in [0.2, 0.25) is 0 Å². The minimum absolute atomic E-state index is 0.0448. The third kappa shape index (κ3) is 4.96. The second-order valence-corrected chi connectivity index (χ2v) is 7.02. The molecule has 0 unspecified atom stereocenters. The van der Waals surface area contributed by atoms with Gasteiger partial charge in [0.15, 0.2) is 6.54 Å². The van der Waals surface area contributed by atoms with Crippen molar-refractivity contribution in [3.63, 3.8) is 0 Å². The van der Waals surface area contributed by atoms with Crippen molar-refractivity contribution >= 4 is 40.0 Å². The largest absolute Gasteiger partial charge is 0.465 e. The topological polar surface area (TPSA) is 143 Å². The molecule has 0 aromatic carbocycles. The van der Waals surface area contributed by atoms with E-state index in [0.717, 1.165) is 16.0 Å². The predicted octanol–water partition coefficient (Wildman–Crippen LogP) is 2.46. The Morgan fingerprint density at radius 1 is 1.31 bits per heavy atom. The summed E-state index contributed by atoms with van der Waals surface area (Å²) < 4.78 is 10.8. The normalized spacial score (nSPS) is 10.5. The summed E-state index contributed by atoms with van der Waals surface area (Å²) in [6.07, 6.45) is 0.600. The fourth-order valence-corrected chi connectivity index (χ4v) is 3.63. The van der Waals surface area contributed by atoms with Crippen LogP contribution < -0.4 is 5.32 Å². The lowest BCUT2D eigenvalue weighted by Crippen LogP contribution is -2.21. The third-order valence-electron chi connectivity index (χ3n) is 3.77. The zero-order valence-electron chi connectivity index (χ0n) is 16.3. The van der Waals surface area contributed by atoms with E-state index in [1.165, 1.54) is 13.2 Å². The smallest absolute Gasteiger partial charge is 0.348 e. The van der Waals surface area contributed by atoms with Crippen molar-refractivity contribution in [1.82, 2.24) is 9.78 Å². The molecule has 0 saturated carbocycles. The lowest BCUT2D eigenvalue weighted by molar-refractivity contribution is -0.392. The van der Waals surface area contributed by atoms with Crippen LogP contribution in [0.25, 0.3) is 0 Å². The van der Waals surface area contributed by atoms with Gasteiger partial charge in [-0.2, -0.15) is 0 Å². The molecule has 0 radical (unpaired) electrons. The molecule has 2 aromatic rings. The summed E-state index contributed by atoms with van der Waals surface area (Å²) >= 11 is 0.864. The summed E-state index contributed by atoms with van der Waals surface area (Å²) in [5.41, 5.74) is 0.746. The fourth-order valence-electron chi connectivity index (χ4n) is 2.50. The van der Waals surface area contributed by atoms with E-state index in [1.807, 2.05) is 6.92 Å². The monoisotopic (exact) mass is 424 g/mol. The van der Waals surface area contributed by atoms with E-state index in [9.17, 15) is 24.5 Å². The number of hydrogen-bond donors (Lipinski definition) is 1. The van der Waals surface area contributed by atoms with Crippen LogP contribution in [0.5, 0.6) is 0 Å². The van der Waals surface area contributed by atoms with Crippen molar-refractivity contribution in [2.45, 2.75) is 33.7 Å². The van der Waals surface area contributed by atoms with Gasteiger partial charge < -0.3 is 24.9 Å². The van der Waals surface area contributed by atoms with Crippen molar-refractivity contribution in [3.05, 3.63) is 37.9 Å². The number of thiophene rings is 1. The molecule has 1 amide bonds. The van der Waals surface area contributed by atoms with Crippen LogP contribution >= 0.6 is 11.3 Å². The maximum Gasteiger partial charge on any atom is 0.348 e. The van der Waals surface area contributed by atoms with Crippen LogP contribution in [0.1, 0.15) is 44.6 Å². The molecule has 0 aliphatic heterocycles. The van der Waals surface area contributed by atoms with Gasteiger partial charge in [-0.3, -0.25) is 4.79 Å².